The molecule has 0 unspecified atom stereocenters. The van der Waals surface area contributed by atoms with Gasteiger partial charge < -0.3 is 15.5 Å². The molecular weight excluding hydrogens is 314 g/mol. The minimum Gasteiger partial charge on any atom is -0.366 e. The fourth-order valence-corrected chi connectivity index (χ4v) is 2.25. The summed E-state index contributed by atoms with van der Waals surface area (Å²) in [5.41, 5.74) is 2.87. The van der Waals surface area contributed by atoms with Crippen LogP contribution in [-0.4, -0.2) is 43.0 Å². The number of carbonyl (C=O) groups is 1. The topological polar surface area (TPSA) is 81.1 Å². The number of nitriles is 1. The third kappa shape index (κ3) is 5.59. The summed E-state index contributed by atoms with van der Waals surface area (Å²) in [5, 5.41) is 15.1. The molecule has 0 aliphatic carbocycles. The molecule has 0 saturated heterocycles. The quantitative estimate of drug-likeness (QED) is 0.809. The summed E-state index contributed by atoms with van der Waals surface area (Å²) in [6.07, 6.45) is 0. The maximum absolute atomic E-state index is 12.2. The minimum atomic E-state index is -0.0797. The molecule has 0 aliphatic heterocycles. The monoisotopic (exact) mass is 337 g/mol. The summed E-state index contributed by atoms with van der Waals surface area (Å²) in [4.78, 5) is 18.5. The van der Waals surface area contributed by atoms with Crippen LogP contribution in [0, 0.1) is 18.3 Å². The van der Waals surface area contributed by atoms with Crippen molar-refractivity contribution in [3.8, 4) is 6.07 Å². The van der Waals surface area contributed by atoms with Crippen molar-refractivity contribution < 1.29 is 4.79 Å². The van der Waals surface area contributed by atoms with Gasteiger partial charge in [-0.15, -0.1) is 0 Å². The number of likely N-dealkylation sites (N-methyl/N-ethyl adjacent to an activating group) is 1. The molecule has 0 bridgehead atoms. The van der Waals surface area contributed by atoms with E-state index in [1.165, 1.54) is 0 Å². The van der Waals surface area contributed by atoms with Gasteiger partial charge >= 0.3 is 0 Å². The summed E-state index contributed by atoms with van der Waals surface area (Å²) in [5.74, 6) is 0.562. The van der Waals surface area contributed by atoms with Crippen LogP contribution in [-0.2, 0) is 6.54 Å². The van der Waals surface area contributed by atoms with Crippen LogP contribution in [0.1, 0.15) is 27.2 Å². The minimum absolute atomic E-state index is 0.0797. The maximum Gasteiger partial charge on any atom is 0.251 e. The van der Waals surface area contributed by atoms with Gasteiger partial charge in [0.05, 0.1) is 0 Å². The molecular formula is C19H23N5O. The summed E-state index contributed by atoms with van der Waals surface area (Å²) in [6.45, 7) is 3.79. The van der Waals surface area contributed by atoms with Crippen molar-refractivity contribution in [3.05, 3.63) is 58.8 Å². The predicted octanol–water partition coefficient (Wildman–Crippen LogP) is 2.17. The molecule has 0 spiro atoms. The zero-order valence-corrected chi connectivity index (χ0v) is 14.8. The highest BCUT2D eigenvalue weighted by Gasteiger charge is 2.06. The molecule has 6 heteroatoms. The molecule has 1 aromatic carbocycles. The molecule has 2 N–H and O–H groups in total. The summed E-state index contributed by atoms with van der Waals surface area (Å²) in [7, 11) is 3.94. The van der Waals surface area contributed by atoms with E-state index in [0.29, 0.717) is 30.2 Å². The van der Waals surface area contributed by atoms with Crippen molar-refractivity contribution in [1.29, 1.82) is 5.26 Å². The second kappa shape index (κ2) is 8.81. The number of amides is 1. The zero-order chi connectivity index (χ0) is 18.2. The van der Waals surface area contributed by atoms with E-state index in [9.17, 15) is 4.79 Å². The number of nitrogens with zero attached hydrogens (tertiary/aromatic N) is 3. The lowest BCUT2D eigenvalue weighted by molar-refractivity contribution is 0.0951. The van der Waals surface area contributed by atoms with Crippen molar-refractivity contribution in [2.45, 2.75) is 13.5 Å². The Kier molecular flexibility index (Phi) is 6.49. The van der Waals surface area contributed by atoms with E-state index in [1.807, 2.05) is 56.3 Å². The molecule has 6 nitrogen and oxygen atoms in total. The summed E-state index contributed by atoms with van der Waals surface area (Å²) in [6, 6.07) is 13.2. The second-order valence-corrected chi connectivity index (χ2v) is 6.09. The fourth-order valence-electron chi connectivity index (χ4n) is 2.25. The lowest BCUT2D eigenvalue weighted by atomic mass is 10.1. The number of rotatable bonds is 7. The third-order valence-corrected chi connectivity index (χ3v) is 3.71. The van der Waals surface area contributed by atoms with Gasteiger partial charge in [-0.3, -0.25) is 4.79 Å². The van der Waals surface area contributed by atoms with Crippen LogP contribution in [0.2, 0.25) is 0 Å². The maximum atomic E-state index is 12.2. The first-order chi connectivity index (χ1) is 12.0. The Balaban J connectivity index is 1.97. The molecule has 1 aromatic heterocycles. The number of benzene rings is 1. The first-order valence-electron chi connectivity index (χ1n) is 8.13. The number of aryl methyl sites for hydroxylation is 1. The first-order valence-corrected chi connectivity index (χ1v) is 8.13. The van der Waals surface area contributed by atoms with Crippen LogP contribution < -0.4 is 10.6 Å². The van der Waals surface area contributed by atoms with Crippen LogP contribution in [0.4, 0.5) is 5.82 Å². The van der Waals surface area contributed by atoms with Gasteiger partial charge in [0.2, 0.25) is 0 Å². The molecule has 0 aliphatic rings. The Morgan fingerprint density at radius 2 is 2.08 bits per heavy atom. The number of aromatic nitrogens is 1. The van der Waals surface area contributed by atoms with E-state index in [2.05, 4.69) is 21.7 Å². The Labute approximate surface area is 148 Å². The van der Waals surface area contributed by atoms with Crippen molar-refractivity contribution in [2.24, 2.45) is 0 Å². The van der Waals surface area contributed by atoms with Gasteiger partial charge in [0.25, 0.3) is 5.91 Å². The highest BCUT2D eigenvalue weighted by molar-refractivity contribution is 5.94. The van der Waals surface area contributed by atoms with Crippen molar-refractivity contribution in [3.63, 3.8) is 0 Å². The summed E-state index contributed by atoms with van der Waals surface area (Å²) >= 11 is 0. The molecule has 2 rings (SSSR count). The molecule has 1 heterocycles. The molecule has 2 aromatic rings. The smallest absolute Gasteiger partial charge is 0.251 e. The number of anilines is 1. The van der Waals surface area contributed by atoms with Crippen molar-refractivity contribution in [1.82, 2.24) is 15.2 Å². The van der Waals surface area contributed by atoms with Crippen LogP contribution in [0.3, 0.4) is 0 Å². The molecule has 0 radical (unpaired) electrons. The Morgan fingerprint density at radius 1 is 1.28 bits per heavy atom. The highest BCUT2D eigenvalue weighted by Crippen LogP contribution is 2.12. The van der Waals surface area contributed by atoms with Gasteiger partial charge in [0, 0.05) is 25.2 Å². The van der Waals surface area contributed by atoms with Gasteiger partial charge in [0.15, 0.2) is 0 Å². The Morgan fingerprint density at radius 3 is 2.80 bits per heavy atom. The molecule has 1 amide bonds. The van der Waals surface area contributed by atoms with E-state index in [-0.39, 0.29) is 5.91 Å². The SMILES string of the molecule is Cc1ccc(NCc2cccc(C(=O)NCCN(C)C)c2)nc1C#N. The van der Waals surface area contributed by atoms with Crippen LogP contribution in [0.15, 0.2) is 36.4 Å². The predicted molar refractivity (Wildman–Crippen MR) is 98.3 cm³/mol. The van der Waals surface area contributed by atoms with Crippen molar-refractivity contribution >= 4 is 11.7 Å². The van der Waals surface area contributed by atoms with Crippen molar-refractivity contribution in [2.75, 3.05) is 32.5 Å². The molecule has 0 fully saturated rings. The Hall–Kier alpha value is -2.91. The standard InChI is InChI=1S/C19H23N5O/c1-14-7-8-18(23-17(14)12-20)22-13-15-5-4-6-16(11-15)19(25)21-9-10-24(2)3/h4-8,11H,9-10,13H2,1-3H3,(H,21,25)(H,22,23). The summed E-state index contributed by atoms with van der Waals surface area (Å²) < 4.78 is 0. The molecule has 25 heavy (non-hydrogen) atoms. The van der Waals surface area contributed by atoms with E-state index in [4.69, 9.17) is 5.26 Å². The Bertz CT molecular complexity index is 780. The van der Waals surface area contributed by atoms with E-state index in [0.717, 1.165) is 17.7 Å². The van der Waals surface area contributed by atoms with E-state index in [1.54, 1.807) is 6.07 Å². The third-order valence-electron chi connectivity index (χ3n) is 3.71. The number of pyridine rings is 1. The van der Waals surface area contributed by atoms with Crippen LogP contribution in [0.5, 0.6) is 0 Å². The number of nitrogens with one attached hydrogen (secondary N) is 2. The fraction of sp³-hybridized carbons (Fsp3) is 0.316. The number of hydrogen-bond donors (Lipinski definition) is 2. The average molecular weight is 337 g/mol. The molecule has 130 valence electrons. The molecule has 0 saturated carbocycles. The number of carbonyl (C=O) groups excluding carboxylic acids is 1. The van der Waals surface area contributed by atoms with Gasteiger partial charge in [0.1, 0.15) is 17.6 Å². The van der Waals surface area contributed by atoms with E-state index < -0.39 is 0 Å². The lowest BCUT2D eigenvalue weighted by Crippen LogP contribution is -2.31. The number of hydrogen-bond acceptors (Lipinski definition) is 5. The normalized spacial score (nSPS) is 10.4. The zero-order valence-electron chi connectivity index (χ0n) is 14.8. The van der Waals surface area contributed by atoms with Gasteiger partial charge in [-0.2, -0.15) is 5.26 Å². The highest BCUT2D eigenvalue weighted by atomic mass is 16.1. The lowest BCUT2D eigenvalue weighted by Gasteiger charge is -2.11. The van der Waals surface area contributed by atoms with Crippen LogP contribution >= 0.6 is 0 Å². The van der Waals surface area contributed by atoms with Crippen LogP contribution in [0.25, 0.3) is 0 Å². The molecule has 0 atom stereocenters. The largest absolute Gasteiger partial charge is 0.366 e. The average Bonchev–Trinajstić information content (AvgIpc) is 2.61. The van der Waals surface area contributed by atoms with Gasteiger partial charge in [-0.1, -0.05) is 18.2 Å². The van der Waals surface area contributed by atoms with Gasteiger partial charge in [-0.05, 0) is 50.3 Å². The first kappa shape index (κ1) is 18.4. The second-order valence-electron chi connectivity index (χ2n) is 6.09. The van der Waals surface area contributed by atoms with Gasteiger partial charge in [-0.25, -0.2) is 4.98 Å². The van der Waals surface area contributed by atoms with E-state index >= 15 is 0 Å².